The van der Waals surface area contributed by atoms with Gasteiger partial charge in [-0.2, -0.15) is 5.10 Å². The van der Waals surface area contributed by atoms with E-state index in [2.05, 4.69) is 31.8 Å². The molecule has 0 bridgehead atoms. The number of hydrazone groups is 1. The van der Waals surface area contributed by atoms with Crippen LogP contribution in [0.1, 0.15) is 39.6 Å². The third-order valence-electron chi connectivity index (χ3n) is 4.72. The second-order valence-corrected chi connectivity index (χ2v) is 9.28. The van der Waals surface area contributed by atoms with Gasteiger partial charge in [-0.3, -0.25) is 9.59 Å². The predicted molar refractivity (Wildman–Crippen MR) is 146 cm³/mol. The number of nitrogens with one attached hydrogen (secondary N) is 2. The second kappa shape index (κ2) is 13.8. The minimum absolute atomic E-state index is 0.229. The SMILES string of the molecule is CCCOc1ccc(C(=O)Oc2ccc(Br)cc2/C=N\NC(=O)CNC(=O)c2ccc(Cl)c(Cl)c2)cc1. The highest BCUT2D eigenvalue weighted by Gasteiger charge is 2.13. The number of hydrogen-bond acceptors (Lipinski definition) is 6. The van der Waals surface area contributed by atoms with E-state index in [9.17, 15) is 14.4 Å². The molecule has 0 saturated carbocycles. The lowest BCUT2D eigenvalue weighted by atomic mass is 10.2. The Morgan fingerprint density at radius 1 is 0.973 bits per heavy atom. The van der Waals surface area contributed by atoms with E-state index in [-0.39, 0.29) is 22.9 Å². The summed E-state index contributed by atoms with van der Waals surface area (Å²) in [6.45, 7) is 2.27. The number of hydrogen-bond donors (Lipinski definition) is 2. The molecule has 0 unspecified atom stereocenters. The number of carbonyl (C=O) groups is 3. The molecule has 192 valence electrons. The molecule has 0 radical (unpaired) electrons. The molecule has 3 aromatic carbocycles. The number of amides is 2. The van der Waals surface area contributed by atoms with Crippen LogP contribution in [-0.2, 0) is 4.79 Å². The average Bonchev–Trinajstić information content (AvgIpc) is 2.89. The van der Waals surface area contributed by atoms with E-state index in [4.69, 9.17) is 32.7 Å². The average molecular weight is 607 g/mol. The monoisotopic (exact) mass is 605 g/mol. The maximum Gasteiger partial charge on any atom is 0.343 e. The number of ether oxygens (including phenoxy) is 2. The summed E-state index contributed by atoms with van der Waals surface area (Å²) in [7, 11) is 0. The molecule has 0 spiro atoms. The van der Waals surface area contributed by atoms with Gasteiger partial charge in [0.15, 0.2) is 0 Å². The maximum atomic E-state index is 12.6. The van der Waals surface area contributed by atoms with Crippen molar-refractivity contribution in [2.75, 3.05) is 13.2 Å². The van der Waals surface area contributed by atoms with Crippen molar-refractivity contribution < 1.29 is 23.9 Å². The van der Waals surface area contributed by atoms with Crippen molar-refractivity contribution in [2.45, 2.75) is 13.3 Å². The van der Waals surface area contributed by atoms with Crippen LogP contribution >= 0.6 is 39.1 Å². The van der Waals surface area contributed by atoms with Crippen molar-refractivity contribution in [3.8, 4) is 11.5 Å². The van der Waals surface area contributed by atoms with Crippen molar-refractivity contribution in [2.24, 2.45) is 5.10 Å². The Kier molecular flexibility index (Phi) is 10.5. The minimum atomic E-state index is -0.566. The Morgan fingerprint density at radius 3 is 2.41 bits per heavy atom. The van der Waals surface area contributed by atoms with Gasteiger partial charge >= 0.3 is 5.97 Å². The van der Waals surface area contributed by atoms with Gasteiger partial charge in [0.1, 0.15) is 11.5 Å². The Labute approximate surface area is 232 Å². The molecule has 0 aromatic heterocycles. The maximum absolute atomic E-state index is 12.6. The number of carbonyl (C=O) groups excluding carboxylic acids is 3. The number of halogens is 3. The van der Waals surface area contributed by atoms with Gasteiger partial charge in [0.25, 0.3) is 11.8 Å². The molecule has 0 aliphatic heterocycles. The molecule has 3 aromatic rings. The number of esters is 1. The Balaban J connectivity index is 1.57. The minimum Gasteiger partial charge on any atom is -0.494 e. The molecular formula is C26H22BrCl2N3O5. The zero-order valence-corrected chi connectivity index (χ0v) is 22.7. The molecule has 2 N–H and O–H groups in total. The largest absolute Gasteiger partial charge is 0.494 e. The lowest BCUT2D eigenvalue weighted by molar-refractivity contribution is -0.120. The first-order valence-electron chi connectivity index (χ1n) is 11.1. The third-order valence-corrected chi connectivity index (χ3v) is 5.95. The summed E-state index contributed by atoms with van der Waals surface area (Å²) in [6.07, 6.45) is 2.21. The van der Waals surface area contributed by atoms with Crippen LogP contribution in [0.4, 0.5) is 0 Å². The summed E-state index contributed by atoms with van der Waals surface area (Å²) in [5, 5.41) is 6.90. The van der Waals surface area contributed by atoms with Gasteiger partial charge in [0, 0.05) is 15.6 Å². The van der Waals surface area contributed by atoms with E-state index in [1.807, 2.05) is 6.92 Å². The molecule has 0 heterocycles. The van der Waals surface area contributed by atoms with E-state index in [1.54, 1.807) is 42.5 Å². The lowest BCUT2D eigenvalue weighted by Gasteiger charge is -2.09. The molecule has 0 aliphatic rings. The van der Waals surface area contributed by atoms with Crippen molar-refractivity contribution in [3.63, 3.8) is 0 Å². The van der Waals surface area contributed by atoms with E-state index < -0.39 is 17.8 Å². The van der Waals surface area contributed by atoms with Crippen molar-refractivity contribution >= 4 is 63.1 Å². The van der Waals surface area contributed by atoms with Crippen LogP contribution in [0.5, 0.6) is 11.5 Å². The second-order valence-electron chi connectivity index (χ2n) is 7.55. The quantitative estimate of drug-likeness (QED) is 0.134. The first-order valence-corrected chi connectivity index (χ1v) is 12.6. The molecule has 0 atom stereocenters. The Morgan fingerprint density at radius 2 is 1.70 bits per heavy atom. The van der Waals surface area contributed by atoms with Crippen LogP contribution in [0, 0.1) is 0 Å². The normalized spacial score (nSPS) is 10.7. The molecule has 8 nitrogen and oxygen atoms in total. The van der Waals surface area contributed by atoms with Gasteiger partial charge in [-0.05, 0) is 67.1 Å². The fraction of sp³-hybridized carbons (Fsp3) is 0.154. The van der Waals surface area contributed by atoms with Crippen LogP contribution in [0.3, 0.4) is 0 Å². The van der Waals surface area contributed by atoms with Crippen molar-refractivity contribution in [1.82, 2.24) is 10.7 Å². The van der Waals surface area contributed by atoms with Crippen LogP contribution in [0.25, 0.3) is 0 Å². The smallest absolute Gasteiger partial charge is 0.343 e. The summed E-state index contributed by atoms with van der Waals surface area (Å²) < 4.78 is 11.8. The topological polar surface area (TPSA) is 106 Å². The number of rotatable bonds is 10. The van der Waals surface area contributed by atoms with Gasteiger partial charge in [-0.25, -0.2) is 10.2 Å². The summed E-state index contributed by atoms with van der Waals surface area (Å²) in [5.41, 5.74) is 3.35. The summed E-state index contributed by atoms with van der Waals surface area (Å²) in [6, 6.07) is 16.0. The lowest BCUT2D eigenvalue weighted by Crippen LogP contribution is -2.34. The predicted octanol–water partition coefficient (Wildman–Crippen LogP) is 5.64. The molecule has 0 saturated heterocycles. The Bertz CT molecular complexity index is 1320. The summed E-state index contributed by atoms with van der Waals surface area (Å²) in [4.78, 5) is 36.9. The highest BCUT2D eigenvalue weighted by atomic mass is 79.9. The van der Waals surface area contributed by atoms with Gasteiger partial charge in [0.05, 0.1) is 35.0 Å². The zero-order chi connectivity index (χ0) is 26.8. The summed E-state index contributed by atoms with van der Waals surface area (Å²) >= 11 is 15.1. The molecule has 0 aliphatic carbocycles. The van der Waals surface area contributed by atoms with E-state index >= 15 is 0 Å². The molecule has 3 rings (SSSR count). The molecule has 0 fully saturated rings. The molecule has 37 heavy (non-hydrogen) atoms. The van der Waals surface area contributed by atoms with Crippen LogP contribution in [0.2, 0.25) is 10.0 Å². The standard InChI is InChI=1S/C26H22BrCl2N3O5/c1-2-11-36-20-7-3-16(4-8-20)26(35)37-23-10-6-19(27)12-18(23)14-31-32-24(33)15-30-25(34)17-5-9-21(28)22(29)13-17/h3-10,12-14H,2,11,15H2,1H3,(H,30,34)(H,32,33)/b31-14-. The van der Waals surface area contributed by atoms with Crippen LogP contribution < -0.4 is 20.2 Å². The van der Waals surface area contributed by atoms with Gasteiger partial charge in [0.2, 0.25) is 0 Å². The van der Waals surface area contributed by atoms with Gasteiger partial charge in [-0.15, -0.1) is 0 Å². The van der Waals surface area contributed by atoms with Crippen LogP contribution in [-0.4, -0.2) is 37.1 Å². The molecule has 2 amide bonds. The number of benzene rings is 3. The summed E-state index contributed by atoms with van der Waals surface area (Å²) in [5.74, 6) is -0.718. The zero-order valence-electron chi connectivity index (χ0n) is 19.6. The van der Waals surface area contributed by atoms with Gasteiger partial charge in [-0.1, -0.05) is 46.1 Å². The fourth-order valence-corrected chi connectivity index (χ4v) is 3.57. The third kappa shape index (κ3) is 8.59. The van der Waals surface area contributed by atoms with Crippen molar-refractivity contribution in [3.05, 3.63) is 91.9 Å². The Hall–Kier alpha value is -3.40. The first-order chi connectivity index (χ1) is 17.8. The number of nitrogens with zero attached hydrogens (tertiary/aromatic N) is 1. The van der Waals surface area contributed by atoms with E-state index in [1.165, 1.54) is 24.4 Å². The van der Waals surface area contributed by atoms with E-state index in [0.717, 1.165) is 6.42 Å². The van der Waals surface area contributed by atoms with Gasteiger partial charge < -0.3 is 14.8 Å². The van der Waals surface area contributed by atoms with E-state index in [0.29, 0.717) is 33.0 Å². The van der Waals surface area contributed by atoms with Crippen molar-refractivity contribution in [1.29, 1.82) is 0 Å². The fourth-order valence-electron chi connectivity index (χ4n) is 2.89. The molecular weight excluding hydrogens is 585 g/mol. The highest BCUT2D eigenvalue weighted by molar-refractivity contribution is 9.10. The molecule has 11 heteroatoms. The highest BCUT2D eigenvalue weighted by Crippen LogP contribution is 2.24. The van der Waals surface area contributed by atoms with Crippen LogP contribution in [0.15, 0.2) is 70.2 Å². The first kappa shape index (κ1) is 28.2.